The molecule has 0 saturated heterocycles. The molecule has 0 aromatic carbocycles. The summed E-state index contributed by atoms with van der Waals surface area (Å²) in [5.74, 6) is -1.23. The van der Waals surface area contributed by atoms with Gasteiger partial charge in [0, 0.05) is 18.9 Å². The molecule has 0 unspecified atom stereocenters. The first kappa shape index (κ1) is 12.0. The summed E-state index contributed by atoms with van der Waals surface area (Å²) in [7, 11) is 1.72. The molecule has 0 aliphatic carbocycles. The highest BCUT2D eigenvalue weighted by Crippen LogP contribution is 2.02. The lowest BCUT2D eigenvalue weighted by Crippen LogP contribution is -2.28. The number of rotatable bonds is 3. The number of hydrogen-bond donors (Lipinski definition) is 1. The molecule has 0 radical (unpaired) electrons. The molecule has 1 N–H and O–H groups in total. The maximum absolute atomic E-state index is 12.0. The molecule has 2 rings (SSSR count). The summed E-state index contributed by atoms with van der Waals surface area (Å²) < 4.78 is 2.89. The van der Waals surface area contributed by atoms with Crippen LogP contribution >= 0.6 is 0 Å². The first-order valence-corrected chi connectivity index (χ1v) is 5.28. The van der Waals surface area contributed by atoms with E-state index < -0.39 is 11.5 Å². The molecule has 0 amide bonds. The number of carbonyl (C=O) groups is 1. The number of hydrogen-bond acceptors (Lipinski definition) is 4. The van der Waals surface area contributed by atoms with Crippen molar-refractivity contribution in [3.8, 4) is 0 Å². The van der Waals surface area contributed by atoms with Crippen molar-refractivity contribution in [1.29, 1.82) is 0 Å². The van der Waals surface area contributed by atoms with Gasteiger partial charge in [-0.2, -0.15) is 0 Å². The van der Waals surface area contributed by atoms with Crippen molar-refractivity contribution in [2.24, 2.45) is 7.05 Å². The van der Waals surface area contributed by atoms with E-state index in [-0.39, 0.29) is 12.1 Å². The van der Waals surface area contributed by atoms with Gasteiger partial charge in [-0.15, -0.1) is 5.10 Å². The van der Waals surface area contributed by atoms with Crippen LogP contribution in [-0.4, -0.2) is 30.6 Å². The maximum atomic E-state index is 12.0. The fourth-order valence-electron chi connectivity index (χ4n) is 1.66. The van der Waals surface area contributed by atoms with Gasteiger partial charge in [-0.25, -0.2) is 4.79 Å². The Kier molecular flexibility index (Phi) is 2.97. The Morgan fingerprint density at radius 2 is 2.17 bits per heavy atom. The lowest BCUT2D eigenvalue weighted by molar-refractivity contribution is 0.0694. The Hall–Kier alpha value is -2.44. The second kappa shape index (κ2) is 4.44. The minimum absolute atomic E-state index is 0.208. The number of aryl methyl sites for hydroxylation is 2. The third-order valence-corrected chi connectivity index (χ3v) is 2.59. The number of carboxylic acids is 1. The van der Waals surface area contributed by atoms with Gasteiger partial charge in [0.1, 0.15) is 11.3 Å². The molecule has 7 heteroatoms. The molecular weight excluding hydrogens is 236 g/mol. The molecule has 0 atom stereocenters. The van der Waals surface area contributed by atoms with Crippen LogP contribution in [0.3, 0.4) is 0 Å². The summed E-state index contributed by atoms with van der Waals surface area (Å²) >= 11 is 0. The maximum Gasteiger partial charge on any atom is 0.341 e. The van der Waals surface area contributed by atoms with Crippen molar-refractivity contribution in [1.82, 2.24) is 19.6 Å². The van der Waals surface area contributed by atoms with Crippen LogP contribution in [0.1, 0.15) is 21.7 Å². The van der Waals surface area contributed by atoms with Crippen LogP contribution in [0.25, 0.3) is 0 Å². The van der Waals surface area contributed by atoms with E-state index in [1.807, 2.05) is 0 Å². The number of carboxylic acid groups (broad SMARTS) is 1. The lowest BCUT2D eigenvalue weighted by Gasteiger charge is -2.08. The summed E-state index contributed by atoms with van der Waals surface area (Å²) in [6, 6.07) is 2.91. The Morgan fingerprint density at radius 3 is 2.72 bits per heavy atom. The van der Waals surface area contributed by atoms with E-state index in [9.17, 15) is 9.59 Å². The zero-order valence-corrected chi connectivity index (χ0v) is 9.99. The van der Waals surface area contributed by atoms with Crippen molar-refractivity contribution < 1.29 is 9.90 Å². The topological polar surface area (TPSA) is 90.0 Å². The Labute approximate surface area is 102 Å². The number of aromatic nitrogens is 4. The highest BCUT2D eigenvalue weighted by Gasteiger charge is 2.13. The normalized spacial score (nSPS) is 10.6. The largest absolute Gasteiger partial charge is 0.477 e. The van der Waals surface area contributed by atoms with Crippen LogP contribution in [0.4, 0.5) is 0 Å². The average molecular weight is 248 g/mol. The van der Waals surface area contributed by atoms with E-state index in [1.165, 1.54) is 15.3 Å². The minimum atomic E-state index is -1.23. The summed E-state index contributed by atoms with van der Waals surface area (Å²) in [5, 5.41) is 16.5. The zero-order chi connectivity index (χ0) is 13.3. The third-order valence-electron chi connectivity index (χ3n) is 2.59. The molecule has 0 bridgehead atoms. The molecule has 0 spiro atoms. The SMILES string of the molecule is Cc1ccc(C(=O)O)c(=O)n1Cc1cn(C)nn1. The highest BCUT2D eigenvalue weighted by molar-refractivity contribution is 5.87. The van der Waals surface area contributed by atoms with E-state index in [1.54, 1.807) is 26.2 Å². The zero-order valence-electron chi connectivity index (χ0n) is 9.99. The molecule has 0 fully saturated rings. The van der Waals surface area contributed by atoms with Crippen molar-refractivity contribution in [2.45, 2.75) is 13.5 Å². The number of pyridine rings is 1. The number of nitrogens with zero attached hydrogens (tertiary/aromatic N) is 4. The summed E-state index contributed by atoms with van der Waals surface area (Å²) in [4.78, 5) is 22.9. The molecule has 94 valence electrons. The van der Waals surface area contributed by atoms with Crippen LogP contribution in [0.5, 0.6) is 0 Å². The number of aromatic carboxylic acids is 1. The van der Waals surface area contributed by atoms with E-state index in [2.05, 4.69) is 10.3 Å². The minimum Gasteiger partial charge on any atom is -0.477 e. The van der Waals surface area contributed by atoms with Crippen LogP contribution in [0.15, 0.2) is 23.1 Å². The monoisotopic (exact) mass is 248 g/mol. The van der Waals surface area contributed by atoms with Crippen LogP contribution < -0.4 is 5.56 Å². The van der Waals surface area contributed by atoms with Gasteiger partial charge in [0.2, 0.25) is 0 Å². The smallest absolute Gasteiger partial charge is 0.341 e. The average Bonchev–Trinajstić information content (AvgIpc) is 2.69. The first-order chi connectivity index (χ1) is 8.49. The van der Waals surface area contributed by atoms with E-state index >= 15 is 0 Å². The van der Waals surface area contributed by atoms with E-state index in [4.69, 9.17) is 5.11 Å². The van der Waals surface area contributed by atoms with Gasteiger partial charge < -0.3 is 9.67 Å². The molecule has 18 heavy (non-hydrogen) atoms. The molecule has 7 nitrogen and oxygen atoms in total. The van der Waals surface area contributed by atoms with E-state index in [0.29, 0.717) is 11.4 Å². The molecule has 0 saturated carbocycles. The van der Waals surface area contributed by atoms with Crippen molar-refractivity contribution >= 4 is 5.97 Å². The molecule has 2 aromatic heterocycles. The van der Waals surface area contributed by atoms with Crippen LogP contribution in [-0.2, 0) is 13.6 Å². The summed E-state index contributed by atoms with van der Waals surface area (Å²) in [5.41, 5.74) is 0.499. The lowest BCUT2D eigenvalue weighted by atomic mass is 10.2. The predicted molar refractivity (Wildman–Crippen MR) is 62.5 cm³/mol. The fourth-order valence-corrected chi connectivity index (χ4v) is 1.66. The van der Waals surface area contributed by atoms with Gasteiger partial charge in [-0.3, -0.25) is 9.48 Å². The van der Waals surface area contributed by atoms with Crippen molar-refractivity contribution in [3.63, 3.8) is 0 Å². The predicted octanol–water partition coefficient (Wildman–Crippen LogP) is 0.0317. The van der Waals surface area contributed by atoms with Crippen molar-refractivity contribution in [3.05, 3.63) is 45.6 Å². The standard InChI is InChI=1S/C11H12N4O3/c1-7-3-4-9(11(17)18)10(16)15(7)6-8-5-14(2)13-12-8/h3-5H,6H2,1-2H3,(H,17,18). The fraction of sp³-hybridized carbons (Fsp3) is 0.273. The van der Waals surface area contributed by atoms with Gasteiger partial charge in [0.05, 0.1) is 6.54 Å². The Bertz CT molecular complexity index is 657. The van der Waals surface area contributed by atoms with E-state index in [0.717, 1.165) is 0 Å². The third kappa shape index (κ3) is 2.15. The molecule has 0 aliphatic heterocycles. The van der Waals surface area contributed by atoms with Gasteiger partial charge in [0.25, 0.3) is 5.56 Å². The first-order valence-electron chi connectivity index (χ1n) is 5.28. The summed E-state index contributed by atoms with van der Waals surface area (Å²) in [6.45, 7) is 1.95. The second-order valence-electron chi connectivity index (χ2n) is 3.97. The Morgan fingerprint density at radius 1 is 1.44 bits per heavy atom. The highest BCUT2D eigenvalue weighted by atomic mass is 16.4. The van der Waals surface area contributed by atoms with Crippen molar-refractivity contribution in [2.75, 3.05) is 0 Å². The van der Waals surface area contributed by atoms with Gasteiger partial charge >= 0.3 is 5.97 Å². The summed E-state index contributed by atoms with van der Waals surface area (Å²) in [6.07, 6.45) is 1.68. The molecule has 2 heterocycles. The second-order valence-corrected chi connectivity index (χ2v) is 3.97. The van der Waals surface area contributed by atoms with Crippen LogP contribution in [0, 0.1) is 6.92 Å². The van der Waals surface area contributed by atoms with Gasteiger partial charge in [-0.1, -0.05) is 5.21 Å². The Balaban J connectivity index is 2.47. The van der Waals surface area contributed by atoms with Gasteiger partial charge in [-0.05, 0) is 19.1 Å². The van der Waals surface area contributed by atoms with Gasteiger partial charge in [0.15, 0.2) is 0 Å². The molecule has 0 aliphatic rings. The quantitative estimate of drug-likeness (QED) is 0.827. The molecule has 2 aromatic rings. The molecular formula is C11H12N4O3. The van der Waals surface area contributed by atoms with Crippen LogP contribution in [0.2, 0.25) is 0 Å².